The lowest BCUT2D eigenvalue weighted by molar-refractivity contribution is 0.106. The van der Waals surface area contributed by atoms with Crippen molar-refractivity contribution >= 4 is 35.9 Å². The molecular formula is C16H7N2O6P. The van der Waals surface area contributed by atoms with Crippen LogP contribution in [-0.4, -0.2) is 21.3 Å². The van der Waals surface area contributed by atoms with E-state index < -0.39 is 7.82 Å². The molecule has 3 aromatic rings. The van der Waals surface area contributed by atoms with Crippen LogP contribution in [0.25, 0.3) is 10.9 Å². The molecule has 0 fully saturated rings. The van der Waals surface area contributed by atoms with Gasteiger partial charge in [-0.15, -0.1) is 0 Å². The minimum absolute atomic E-state index is 0.0118. The van der Waals surface area contributed by atoms with Gasteiger partial charge in [0.15, 0.2) is 22.9 Å². The Balaban J connectivity index is 1.70. The number of hydrogen-bond donors (Lipinski definition) is 1. The Morgan fingerprint density at radius 3 is 2.80 bits per heavy atom. The van der Waals surface area contributed by atoms with Gasteiger partial charge in [0, 0.05) is 5.56 Å². The average molecular weight is 354 g/mol. The van der Waals surface area contributed by atoms with Crippen molar-refractivity contribution in [3.05, 3.63) is 47.7 Å². The van der Waals surface area contributed by atoms with Crippen LogP contribution >= 0.6 is 7.82 Å². The highest BCUT2D eigenvalue weighted by atomic mass is 31.2. The van der Waals surface area contributed by atoms with E-state index in [0.717, 1.165) is 4.73 Å². The minimum Gasteiger partial charge on any atom is -0.505 e. The number of aliphatic imine (C=N–C) groups is 1. The van der Waals surface area contributed by atoms with Gasteiger partial charge in [-0.05, 0) is 24.3 Å². The lowest BCUT2D eigenvalue weighted by atomic mass is 10.1. The van der Waals surface area contributed by atoms with Gasteiger partial charge in [-0.1, -0.05) is 12.1 Å². The zero-order valence-electron chi connectivity index (χ0n) is 12.3. The van der Waals surface area contributed by atoms with Crippen LogP contribution in [0.1, 0.15) is 16.1 Å². The number of nitrogens with zero attached hydrogens (tertiary/aromatic N) is 2. The molecule has 4 heterocycles. The minimum atomic E-state index is -3.90. The van der Waals surface area contributed by atoms with Crippen LogP contribution in [0.5, 0.6) is 17.2 Å². The third-order valence-electron chi connectivity index (χ3n) is 4.40. The Bertz CT molecular complexity index is 1240. The maximum atomic E-state index is 12.7. The van der Waals surface area contributed by atoms with E-state index in [1.807, 2.05) is 0 Å². The molecule has 1 atom stereocenters. The lowest BCUT2D eigenvalue weighted by Gasteiger charge is -2.14. The summed E-state index contributed by atoms with van der Waals surface area (Å²) in [5.41, 5.74) is 1.39. The number of aromatic nitrogens is 1. The SMILES string of the molecule is O=C1C(c2c(O)c3c4c5ccc3n2OP(=O)(O5)O4)=Nc2ccccc21. The largest absolute Gasteiger partial charge is 0.666 e. The smallest absolute Gasteiger partial charge is 0.505 e. The second-order valence-electron chi connectivity index (χ2n) is 5.80. The quantitative estimate of drug-likeness (QED) is 0.675. The maximum Gasteiger partial charge on any atom is 0.666 e. The zero-order valence-corrected chi connectivity index (χ0v) is 13.2. The molecule has 0 saturated carbocycles. The van der Waals surface area contributed by atoms with E-state index in [1.165, 1.54) is 0 Å². The summed E-state index contributed by atoms with van der Waals surface area (Å²) in [6.45, 7) is 0. The molecule has 5 bridgehead atoms. The molecular weight excluding hydrogens is 347 g/mol. The molecule has 122 valence electrons. The van der Waals surface area contributed by atoms with Crippen LogP contribution in [0.3, 0.4) is 0 Å². The number of fused-ring (bicyclic) bond motifs is 2. The number of hydrogen-bond acceptors (Lipinski definition) is 7. The number of carbonyl (C=O) groups excluding carboxylic acids is 1. The standard InChI is InChI=1S/C16H7N2O6P/c19-14-7-3-1-2-4-8(7)17-12(14)13-15(20)11-9-5-6-10-16(11)23-25(21,22-10)24-18(9)13/h1-6,20H. The molecule has 3 aliphatic heterocycles. The van der Waals surface area contributed by atoms with E-state index in [1.54, 1.807) is 36.4 Å². The normalized spacial score (nSPS) is 21.8. The summed E-state index contributed by atoms with van der Waals surface area (Å²) in [5, 5.41) is 11.0. The van der Waals surface area contributed by atoms with Crippen LogP contribution in [0, 0.1) is 0 Å². The summed E-state index contributed by atoms with van der Waals surface area (Å²) in [6.07, 6.45) is 0. The van der Waals surface area contributed by atoms with Crippen molar-refractivity contribution in [3.8, 4) is 17.2 Å². The van der Waals surface area contributed by atoms with Crippen LogP contribution in [0.2, 0.25) is 0 Å². The fourth-order valence-electron chi connectivity index (χ4n) is 3.35. The molecule has 0 saturated heterocycles. The number of phosphoric ester groups is 1. The van der Waals surface area contributed by atoms with Gasteiger partial charge in [0.1, 0.15) is 5.71 Å². The predicted octanol–water partition coefficient (Wildman–Crippen LogP) is 2.99. The number of phosphoric acid groups is 1. The molecule has 0 aliphatic carbocycles. The van der Waals surface area contributed by atoms with E-state index in [4.69, 9.17) is 13.7 Å². The summed E-state index contributed by atoms with van der Waals surface area (Å²) in [7, 11) is -3.90. The van der Waals surface area contributed by atoms with Gasteiger partial charge in [0.2, 0.25) is 5.78 Å². The van der Waals surface area contributed by atoms with Crippen LogP contribution in [0.15, 0.2) is 41.4 Å². The molecule has 0 spiro atoms. The first kappa shape index (κ1) is 13.1. The molecule has 3 aliphatic rings. The topological polar surface area (TPSA) is 99.4 Å². The second-order valence-corrected chi connectivity index (χ2v) is 7.22. The van der Waals surface area contributed by atoms with E-state index >= 15 is 0 Å². The molecule has 25 heavy (non-hydrogen) atoms. The van der Waals surface area contributed by atoms with Gasteiger partial charge in [0.25, 0.3) is 0 Å². The third kappa shape index (κ3) is 1.42. The molecule has 8 nitrogen and oxygen atoms in total. The lowest BCUT2D eigenvalue weighted by Crippen LogP contribution is -2.21. The van der Waals surface area contributed by atoms with Crippen molar-refractivity contribution in [2.45, 2.75) is 0 Å². The van der Waals surface area contributed by atoms with E-state index in [2.05, 4.69) is 4.99 Å². The zero-order chi connectivity index (χ0) is 16.9. The number of rotatable bonds is 1. The number of benzene rings is 2. The fraction of sp³-hybridized carbons (Fsp3) is 0. The molecule has 1 N–H and O–H groups in total. The highest BCUT2D eigenvalue weighted by Gasteiger charge is 2.49. The molecule has 1 unspecified atom stereocenters. The number of carbonyl (C=O) groups is 1. The van der Waals surface area contributed by atoms with E-state index in [0.29, 0.717) is 16.8 Å². The fourth-order valence-corrected chi connectivity index (χ4v) is 4.61. The molecule has 0 amide bonds. The Morgan fingerprint density at radius 1 is 1.12 bits per heavy atom. The van der Waals surface area contributed by atoms with E-state index in [-0.39, 0.29) is 39.8 Å². The van der Waals surface area contributed by atoms with E-state index in [9.17, 15) is 14.5 Å². The first-order valence-corrected chi connectivity index (χ1v) is 8.84. The number of ketones is 1. The highest BCUT2D eigenvalue weighted by molar-refractivity contribution is 7.50. The van der Waals surface area contributed by atoms with Gasteiger partial charge in [-0.3, -0.25) is 9.42 Å². The third-order valence-corrected chi connectivity index (χ3v) is 5.59. The van der Waals surface area contributed by atoms with Gasteiger partial charge in [-0.2, -0.15) is 9.30 Å². The van der Waals surface area contributed by atoms with Crippen molar-refractivity contribution in [2.75, 3.05) is 0 Å². The summed E-state index contributed by atoms with van der Waals surface area (Å²) < 4.78 is 29.6. The monoisotopic (exact) mass is 354 g/mol. The summed E-state index contributed by atoms with van der Waals surface area (Å²) in [5.74, 6) is -0.225. The highest BCUT2D eigenvalue weighted by Crippen LogP contribution is 2.63. The maximum absolute atomic E-state index is 12.7. The van der Waals surface area contributed by atoms with Crippen molar-refractivity contribution in [1.82, 2.24) is 4.73 Å². The van der Waals surface area contributed by atoms with Crippen molar-refractivity contribution < 1.29 is 28.1 Å². The average Bonchev–Trinajstić information content (AvgIpc) is 3.15. The Kier molecular flexibility index (Phi) is 2.02. The van der Waals surface area contributed by atoms with Crippen molar-refractivity contribution in [2.24, 2.45) is 4.99 Å². The first-order chi connectivity index (χ1) is 12.1. The summed E-state index contributed by atoms with van der Waals surface area (Å²) >= 11 is 0. The van der Waals surface area contributed by atoms with Crippen LogP contribution in [0.4, 0.5) is 5.69 Å². The van der Waals surface area contributed by atoms with Crippen molar-refractivity contribution in [3.63, 3.8) is 0 Å². The summed E-state index contributed by atoms with van der Waals surface area (Å²) in [4.78, 5) is 17.1. The van der Waals surface area contributed by atoms with Crippen LogP contribution < -0.4 is 13.7 Å². The number of Topliss-reactive ketones (excluding diaryl/α,β-unsaturated/α-hetero) is 1. The predicted molar refractivity (Wildman–Crippen MR) is 86.0 cm³/mol. The van der Waals surface area contributed by atoms with Crippen molar-refractivity contribution in [1.29, 1.82) is 0 Å². The van der Waals surface area contributed by atoms with Gasteiger partial charge in [0.05, 0.1) is 16.6 Å². The molecule has 1 aromatic heterocycles. The molecule has 0 radical (unpaired) electrons. The Morgan fingerprint density at radius 2 is 1.96 bits per heavy atom. The summed E-state index contributed by atoms with van der Waals surface area (Å²) in [6, 6.07) is 10.1. The van der Waals surface area contributed by atoms with Crippen LogP contribution in [-0.2, 0) is 4.57 Å². The molecule has 2 aromatic carbocycles. The first-order valence-electron chi connectivity index (χ1n) is 7.38. The van der Waals surface area contributed by atoms with Gasteiger partial charge >= 0.3 is 7.82 Å². The number of para-hydroxylation sites is 1. The molecule has 9 heteroatoms. The Hall–Kier alpha value is -3.25. The second kappa shape index (κ2) is 3.87. The Labute approximate surface area is 139 Å². The number of aromatic hydroxyl groups is 1. The molecule has 6 rings (SSSR count). The van der Waals surface area contributed by atoms with Gasteiger partial charge in [-0.25, -0.2) is 4.99 Å². The van der Waals surface area contributed by atoms with Gasteiger partial charge < -0.3 is 14.2 Å².